The van der Waals surface area contributed by atoms with Crippen LogP contribution in [-0.4, -0.2) is 28.4 Å². The molecule has 4 nitrogen and oxygen atoms in total. The Bertz CT molecular complexity index is 384. The lowest BCUT2D eigenvalue weighted by Crippen LogP contribution is -2.33. The highest BCUT2D eigenvalue weighted by Crippen LogP contribution is 2.07. The van der Waals surface area contributed by atoms with Gasteiger partial charge >= 0.3 is 5.97 Å². The molecular formula is C12H15NO3. The van der Waals surface area contributed by atoms with Crippen molar-refractivity contribution in [2.75, 3.05) is 6.54 Å². The molecule has 1 aromatic rings. The van der Waals surface area contributed by atoms with Crippen LogP contribution in [0.25, 0.3) is 0 Å². The van der Waals surface area contributed by atoms with Gasteiger partial charge in [0.2, 0.25) is 5.91 Å². The zero-order valence-electron chi connectivity index (χ0n) is 9.43. The van der Waals surface area contributed by atoms with E-state index in [2.05, 4.69) is 0 Å². The second-order valence-corrected chi connectivity index (χ2v) is 3.75. The third kappa shape index (κ3) is 3.73. The highest BCUT2D eigenvalue weighted by molar-refractivity contribution is 5.79. The Balaban J connectivity index is 2.71. The molecule has 1 N–H and O–H groups in total. The highest BCUT2D eigenvalue weighted by Gasteiger charge is 2.12. The summed E-state index contributed by atoms with van der Waals surface area (Å²) < 4.78 is 0. The molecule has 0 aliphatic rings. The fraction of sp³-hybridized carbons (Fsp3) is 0.333. The van der Waals surface area contributed by atoms with Gasteiger partial charge in [-0.15, -0.1) is 0 Å². The topological polar surface area (TPSA) is 57.6 Å². The van der Waals surface area contributed by atoms with Gasteiger partial charge in [-0.1, -0.05) is 29.8 Å². The van der Waals surface area contributed by atoms with Gasteiger partial charge < -0.3 is 10.0 Å². The summed E-state index contributed by atoms with van der Waals surface area (Å²) in [5.41, 5.74) is 2.07. The average Bonchev–Trinajstić information content (AvgIpc) is 2.19. The van der Waals surface area contributed by atoms with E-state index in [0.717, 1.165) is 11.1 Å². The smallest absolute Gasteiger partial charge is 0.323 e. The van der Waals surface area contributed by atoms with Crippen molar-refractivity contribution in [2.45, 2.75) is 20.4 Å². The van der Waals surface area contributed by atoms with E-state index in [9.17, 15) is 9.59 Å². The van der Waals surface area contributed by atoms with Gasteiger partial charge in [-0.05, 0) is 12.5 Å². The molecule has 1 rings (SSSR count). The third-order valence-electron chi connectivity index (χ3n) is 2.27. The number of carbonyl (C=O) groups excluding carboxylic acids is 1. The van der Waals surface area contributed by atoms with E-state index in [1.165, 1.54) is 11.8 Å². The van der Waals surface area contributed by atoms with E-state index in [1.807, 2.05) is 31.2 Å². The molecule has 0 aliphatic carbocycles. The number of carbonyl (C=O) groups is 2. The molecule has 0 heterocycles. The molecule has 0 aliphatic heterocycles. The van der Waals surface area contributed by atoms with Crippen LogP contribution in [0.1, 0.15) is 18.1 Å². The van der Waals surface area contributed by atoms with E-state index in [0.29, 0.717) is 6.54 Å². The van der Waals surface area contributed by atoms with Gasteiger partial charge in [0.05, 0.1) is 0 Å². The molecule has 0 bridgehead atoms. The van der Waals surface area contributed by atoms with E-state index < -0.39 is 5.97 Å². The number of nitrogens with zero attached hydrogens (tertiary/aromatic N) is 1. The zero-order chi connectivity index (χ0) is 12.1. The number of carboxylic acid groups (broad SMARTS) is 1. The van der Waals surface area contributed by atoms with Crippen molar-refractivity contribution in [1.29, 1.82) is 0 Å². The first-order valence-corrected chi connectivity index (χ1v) is 5.02. The summed E-state index contributed by atoms with van der Waals surface area (Å²) in [7, 11) is 0. The summed E-state index contributed by atoms with van der Waals surface area (Å²) in [6, 6.07) is 7.67. The fourth-order valence-corrected chi connectivity index (χ4v) is 1.36. The first kappa shape index (κ1) is 12.2. The molecule has 0 unspecified atom stereocenters. The van der Waals surface area contributed by atoms with E-state index >= 15 is 0 Å². The van der Waals surface area contributed by atoms with Crippen molar-refractivity contribution in [3.8, 4) is 0 Å². The Hall–Kier alpha value is -1.84. The fourth-order valence-electron chi connectivity index (χ4n) is 1.36. The van der Waals surface area contributed by atoms with Crippen molar-refractivity contribution in [1.82, 2.24) is 4.90 Å². The van der Waals surface area contributed by atoms with Crippen LogP contribution in [0.15, 0.2) is 24.3 Å². The molecule has 0 saturated heterocycles. The van der Waals surface area contributed by atoms with Crippen molar-refractivity contribution in [3.05, 3.63) is 35.4 Å². The molecule has 0 saturated carbocycles. The Morgan fingerprint density at radius 1 is 1.25 bits per heavy atom. The Kier molecular flexibility index (Phi) is 4.05. The second-order valence-electron chi connectivity index (χ2n) is 3.75. The predicted octanol–water partition coefficient (Wildman–Crippen LogP) is 1.43. The number of benzene rings is 1. The van der Waals surface area contributed by atoms with Crippen LogP contribution in [0.5, 0.6) is 0 Å². The normalized spacial score (nSPS) is 9.88. The number of hydrogen-bond acceptors (Lipinski definition) is 2. The Morgan fingerprint density at radius 2 is 1.81 bits per heavy atom. The van der Waals surface area contributed by atoms with Crippen molar-refractivity contribution < 1.29 is 14.7 Å². The van der Waals surface area contributed by atoms with Crippen LogP contribution in [0, 0.1) is 6.92 Å². The van der Waals surface area contributed by atoms with Gasteiger partial charge in [0.25, 0.3) is 0 Å². The first-order valence-electron chi connectivity index (χ1n) is 5.02. The quantitative estimate of drug-likeness (QED) is 0.836. The number of aryl methyl sites for hydroxylation is 1. The van der Waals surface area contributed by atoms with Crippen LogP contribution in [-0.2, 0) is 16.1 Å². The molecule has 0 aromatic heterocycles. The third-order valence-corrected chi connectivity index (χ3v) is 2.27. The van der Waals surface area contributed by atoms with E-state index in [-0.39, 0.29) is 12.5 Å². The SMILES string of the molecule is CC(=O)N(CC(=O)O)Cc1ccc(C)cc1. The first-order chi connectivity index (χ1) is 7.49. The zero-order valence-corrected chi connectivity index (χ0v) is 9.43. The van der Waals surface area contributed by atoms with Crippen molar-refractivity contribution >= 4 is 11.9 Å². The number of carboxylic acids is 1. The summed E-state index contributed by atoms with van der Waals surface area (Å²) in [5, 5.41) is 8.66. The molecule has 86 valence electrons. The van der Waals surface area contributed by atoms with Gasteiger partial charge in [-0.3, -0.25) is 9.59 Å². The minimum Gasteiger partial charge on any atom is -0.480 e. The van der Waals surface area contributed by atoms with Crippen LogP contribution < -0.4 is 0 Å². The lowest BCUT2D eigenvalue weighted by atomic mass is 10.1. The number of aliphatic carboxylic acids is 1. The van der Waals surface area contributed by atoms with Gasteiger partial charge in [0.15, 0.2) is 0 Å². The maximum atomic E-state index is 11.2. The average molecular weight is 221 g/mol. The van der Waals surface area contributed by atoms with Crippen LogP contribution >= 0.6 is 0 Å². The Labute approximate surface area is 94.5 Å². The summed E-state index contributed by atoms with van der Waals surface area (Å²) in [6.45, 7) is 3.42. The molecule has 1 amide bonds. The van der Waals surface area contributed by atoms with E-state index in [4.69, 9.17) is 5.11 Å². The maximum Gasteiger partial charge on any atom is 0.323 e. The molecule has 4 heteroatoms. The van der Waals surface area contributed by atoms with E-state index in [1.54, 1.807) is 0 Å². The van der Waals surface area contributed by atoms with Crippen LogP contribution in [0.2, 0.25) is 0 Å². The van der Waals surface area contributed by atoms with Crippen LogP contribution in [0.4, 0.5) is 0 Å². The largest absolute Gasteiger partial charge is 0.480 e. The molecular weight excluding hydrogens is 206 g/mol. The van der Waals surface area contributed by atoms with Gasteiger partial charge in [0.1, 0.15) is 6.54 Å². The number of amides is 1. The predicted molar refractivity (Wildman–Crippen MR) is 59.9 cm³/mol. The standard InChI is InChI=1S/C12H15NO3/c1-9-3-5-11(6-4-9)7-13(10(2)14)8-12(15)16/h3-6H,7-8H2,1-2H3,(H,15,16). The lowest BCUT2D eigenvalue weighted by molar-refractivity contribution is -0.144. The summed E-state index contributed by atoms with van der Waals surface area (Å²) in [4.78, 5) is 23.1. The van der Waals surface area contributed by atoms with Crippen molar-refractivity contribution in [2.24, 2.45) is 0 Å². The maximum absolute atomic E-state index is 11.2. The second kappa shape index (κ2) is 5.30. The Morgan fingerprint density at radius 3 is 2.25 bits per heavy atom. The molecule has 0 spiro atoms. The van der Waals surface area contributed by atoms with Gasteiger partial charge in [0, 0.05) is 13.5 Å². The monoisotopic (exact) mass is 221 g/mol. The minimum absolute atomic E-state index is 0.233. The van der Waals surface area contributed by atoms with Crippen LogP contribution in [0.3, 0.4) is 0 Å². The number of hydrogen-bond donors (Lipinski definition) is 1. The molecule has 1 aromatic carbocycles. The highest BCUT2D eigenvalue weighted by atomic mass is 16.4. The molecule has 0 radical (unpaired) electrons. The summed E-state index contributed by atoms with van der Waals surface area (Å²) in [6.07, 6.45) is 0. The van der Waals surface area contributed by atoms with Gasteiger partial charge in [-0.2, -0.15) is 0 Å². The summed E-state index contributed by atoms with van der Waals surface area (Å²) >= 11 is 0. The minimum atomic E-state index is -0.998. The van der Waals surface area contributed by atoms with Crippen molar-refractivity contribution in [3.63, 3.8) is 0 Å². The molecule has 0 atom stereocenters. The number of rotatable bonds is 4. The molecule has 0 fully saturated rings. The lowest BCUT2D eigenvalue weighted by Gasteiger charge is -2.18. The molecule has 16 heavy (non-hydrogen) atoms. The van der Waals surface area contributed by atoms with Gasteiger partial charge in [-0.25, -0.2) is 0 Å². The summed E-state index contributed by atoms with van der Waals surface area (Å²) in [5.74, 6) is -1.23.